The van der Waals surface area contributed by atoms with Crippen LogP contribution in [0.5, 0.6) is 28.7 Å². The molecular formula is C29H32ClN3O8S. The number of carbonyl (C=O) groups is 1. The fraction of sp³-hybridized carbons (Fsp3) is 0.345. The van der Waals surface area contributed by atoms with Crippen molar-refractivity contribution in [3.05, 3.63) is 65.2 Å². The van der Waals surface area contributed by atoms with Gasteiger partial charge in [-0.25, -0.2) is 8.42 Å². The Morgan fingerprint density at radius 1 is 0.857 bits per heavy atom. The molecule has 5 rings (SSSR count). The van der Waals surface area contributed by atoms with Gasteiger partial charge in [0.2, 0.25) is 12.7 Å². The molecule has 11 nitrogen and oxygen atoms in total. The van der Waals surface area contributed by atoms with Crippen molar-refractivity contribution >= 4 is 33.2 Å². The minimum Gasteiger partial charge on any atom is -0.495 e. The number of rotatable bonds is 10. The molecule has 2 aliphatic rings. The number of anilines is 1. The van der Waals surface area contributed by atoms with Crippen LogP contribution in [0.2, 0.25) is 5.02 Å². The minimum absolute atomic E-state index is 0.0801. The molecule has 0 aromatic heterocycles. The van der Waals surface area contributed by atoms with Gasteiger partial charge in [0, 0.05) is 43.8 Å². The first-order valence-electron chi connectivity index (χ1n) is 13.2. The number of amides is 1. The van der Waals surface area contributed by atoms with Crippen LogP contribution < -0.4 is 28.0 Å². The molecule has 0 aliphatic carbocycles. The summed E-state index contributed by atoms with van der Waals surface area (Å²) in [6.45, 7) is 2.61. The Morgan fingerprint density at radius 3 is 2.26 bits per heavy atom. The molecule has 13 heteroatoms. The summed E-state index contributed by atoms with van der Waals surface area (Å²) in [5, 5.41) is 0.294. The molecule has 1 amide bonds. The number of hydrogen-bond acceptors (Lipinski definition) is 9. The number of benzene rings is 3. The van der Waals surface area contributed by atoms with E-state index in [1.54, 1.807) is 17.0 Å². The van der Waals surface area contributed by atoms with Gasteiger partial charge in [-0.15, -0.1) is 0 Å². The third kappa shape index (κ3) is 6.15. The normalized spacial score (nSPS) is 14.9. The van der Waals surface area contributed by atoms with E-state index in [1.807, 2.05) is 18.2 Å². The van der Waals surface area contributed by atoms with Crippen LogP contribution in [0.25, 0.3) is 0 Å². The Morgan fingerprint density at radius 2 is 1.55 bits per heavy atom. The molecule has 0 atom stereocenters. The summed E-state index contributed by atoms with van der Waals surface area (Å²) in [5.41, 5.74) is 1.23. The van der Waals surface area contributed by atoms with Crippen LogP contribution in [0.4, 0.5) is 5.69 Å². The van der Waals surface area contributed by atoms with Gasteiger partial charge in [0.05, 0.1) is 31.9 Å². The third-order valence-electron chi connectivity index (χ3n) is 7.20. The molecule has 0 radical (unpaired) electrons. The van der Waals surface area contributed by atoms with E-state index >= 15 is 0 Å². The fourth-order valence-electron chi connectivity index (χ4n) is 4.94. The number of fused-ring (bicyclic) bond motifs is 1. The Bertz CT molecular complexity index is 1560. The number of methoxy groups -OCH3 is 3. The van der Waals surface area contributed by atoms with Crippen molar-refractivity contribution in [2.45, 2.75) is 11.4 Å². The van der Waals surface area contributed by atoms with E-state index in [0.717, 1.165) is 21.4 Å². The topological polar surface area (TPSA) is 107 Å². The van der Waals surface area contributed by atoms with Crippen LogP contribution in [-0.2, 0) is 21.4 Å². The maximum atomic E-state index is 14.1. The predicted molar refractivity (Wildman–Crippen MR) is 157 cm³/mol. The SMILES string of the molecule is COc1ccc(S(=O)(=O)N(CC(=O)N2CCN(Cc3ccc4c(c3)OCO4)CC2)c2cc(Cl)ccc2OC)cc1OC. The standard InChI is InChI=1S/C29H32ClN3O8S/c1-37-24-8-5-21(30)15-23(24)33(42(35,36)22-6-9-25(38-2)27(16-22)39-3)18-29(34)32-12-10-31(11-13-32)17-20-4-7-26-28(14-20)41-19-40-26/h4-9,14-16H,10-13,17-19H2,1-3H3. The van der Waals surface area contributed by atoms with Gasteiger partial charge in [0.25, 0.3) is 10.0 Å². The van der Waals surface area contributed by atoms with Gasteiger partial charge in [-0.1, -0.05) is 17.7 Å². The molecule has 0 bridgehead atoms. The van der Waals surface area contributed by atoms with Gasteiger partial charge in [-0.05, 0) is 48.0 Å². The van der Waals surface area contributed by atoms with Crippen molar-refractivity contribution < 1.29 is 36.9 Å². The monoisotopic (exact) mass is 617 g/mol. The first kappa shape index (κ1) is 29.6. The quantitative estimate of drug-likeness (QED) is 0.337. The van der Waals surface area contributed by atoms with E-state index in [0.29, 0.717) is 43.5 Å². The van der Waals surface area contributed by atoms with Crippen molar-refractivity contribution in [1.82, 2.24) is 9.80 Å². The maximum Gasteiger partial charge on any atom is 0.265 e. The van der Waals surface area contributed by atoms with Crippen LogP contribution in [-0.4, -0.2) is 85.0 Å². The predicted octanol–water partition coefficient (Wildman–Crippen LogP) is 3.63. The Labute approximate surface area is 250 Å². The van der Waals surface area contributed by atoms with E-state index in [-0.39, 0.29) is 34.8 Å². The van der Waals surface area contributed by atoms with E-state index in [2.05, 4.69) is 4.90 Å². The average molecular weight is 618 g/mol. The highest BCUT2D eigenvalue weighted by Gasteiger charge is 2.33. The first-order valence-corrected chi connectivity index (χ1v) is 15.0. The first-order chi connectivity index (χ1) is 20.2. The summed E-state index contributed by atoms with van der Waals surface area (Å²) in [5.74, 6) is 1.99. The molecule has 2 aliphatic heterocycles. The second kappa shape index (κ2) is 12.6. The van der Waals surface area contributed by atoms with Crippen molar-refractivity contribution in [1.29, 1.82) is 0 Å². The lowest BCUT2D eigenvalue weighted by Crippen LogP contribution is -2.51. The Balaban J connectivity index is 1.35. The van der Waals surface area contributed by atoms with Gasteiger partial charge >= 0.3 is 0 Å². The second-order valence-corrected chi connectivity index (χ2v) is 12.0. The minimum atomic E-state index is -4.27. The number of hydrogen-bond donors (Lipinski definition) is 0. The molecule has 1 fully saturated rings. The van der Waals surface area contributed by atoms with Crippen molar-refractivity contribution in [3.63, 3.8) is 0 Å². The van der Waals surface area contributed by atoms with E-state index in [1.165, 1.54) is 45.6 Å². The smallest absolute Gasteiger partial charge is 0.265 e. The molecule has 224 valence electrons. The van der Waals surface area contributed by atoms with Crippen LogP contribution in [0.15, 0.2) is 59.5 Å². The average Bonchev–Trinajstić information content (AvgIpc) is 3.47. The number of ether oxygens (including phenoxy) is 5. The van der Waals surface area contributed by atoms with Gasteiger partial charge in [0.15, 0.2) is 23.0 Å². The van der Waals surface area contributed by atoms with E-state index in [9.17, 15) is 13.2 Å². The van der Waals surface area contributed by atoms with Crippen LogP contribution in [0, 0.1) is 0 Å². The highest BCUT2D eigenvalue weighted by atomic mass is 35.5. The number of nitrogens with zero attached hydrogens (tertiary/aromatic N) is 3. The summed E-state index contributed by atoms with van der Waals surface area (Å²) in [7, 11) is 0.0329. The van der Waals surface area contributed by atoms with Crippen molar-refractivity contribution in [3.8, 4) is 28.7 Å². The largest absolute Gasteiger partial charge is 0.495 e. The molecule has 3 aromatic rings. The Hall–Kier alpha value is -3.87. The summed E-state index contributed by atoms with van der Waals surface area (Å²) >= 11 is 6.27. The van der Waals surface area contributed by atoms with Gasteiger partial charge in [-0.2, -0.15) is 0 Å². The van der Waals surface area contributed by atoms with Crippen LogP contribution in [0.3, 0.4) is 0 Å². The molecule has 0 unspecified atom stereocenters. The van der Waals surface area contributed by atoms with Crippen LogP contribution >= 0.6 is 11.6 Å². The van der Waals surface area contributed by atoms with Gasteiger partial charge in [0.1, 0.15) is 12.3 Å². The maximum absolute atomic E-state index is 14.1. The highest BCUT2D eigenvalue weighted by Crippen LogP contribution is 2.37. The number of halogens is 1. The molecule has 42 heavy (non-hydrogen) atoms. The molecule has 2 heterocycles. The summed E-state index contributed by atoms with van der Waals surface area (Å²) in [6, 6.07) is 14.7. The number of carbonyl (C=O) groups excluding carboxylic acids is 1. The van der Waals surface area contributed by atoms with Gasteiger partial charge < -0.3 is 28.6 Å². The molecule has 1 saturated heterocycles. The highest BCUT2D eigenvalue weighted by molar-refractivity contribution is 7.92. The zero-order chi connectivity index (χ0) is 29.9. The molecule has 0 saturated carbocycles. The lowest BCUT2D eigenvalue weighted by molar-refractivity contribution is -0.131. The third-order valence-corrected chi connectivity index (χ3v) is 9.19. The summed E-state index contributed by atoms with van der Waals surface area (Å²) in [6.07, 6.45) is 0. The molecular weight excluding hydrogens is 586 g/mol. The van der Waals surface area contributed by atoms with Gasteiger partial charge in [-0.3, -0.25) is 14.0 Å². The molecule has 3 aromatic carbocycles. The van der Waals surface area contributed by atoms with Crippen molar-refractivity contribution in [2.75, 3.05) is 65.2 Å². The second-order valence-electron chi connectivity index (χ2n) is 9.69. The fourth-order valence-corrected chi connectivity index (χ4v) is 6.54. The summed E-state index contributed by atoms with van der Waals surface area (Å²) in [4.78, 5) is 17.4. The number of sulfonamides is 1. The zero-order valence-corrected chi connectivity index (χ0v) is 25.1. The van der Waals surface area contributed by atoms with E-state index in [4.69, 9.17) is 35.3 Å². The lowest BCUT2D eigenvalue weighted by atomic mass is 10.1. The Kier molecular flexibility index (Phi) is 8.85. The number of piperazine rings is 1. The lowest BCUT2D eigenvalue weighted by Gasteiger charge is -2.36. The van der Waals surface area contributed by atoms with Crippen LogP contribution in [0.1, 0.15) is 5.56 Å². The summed E-state index contributed by atoms with van der Waals surface area (Å²) < 4.78 is 56.1. The molecule has 0 N–H and O–H groups in total. The zero-order valence-electron chi connectivity index (χ0n) is 23.5. The van der Waals surface area contributed by atoms with E-state index < -0.39 is 16.6 Å². The molecule has 0 spiro atoms. The van der Waals surface area contributed by atoms with Crippen molar-refractivity contribution in [2.24, 2.45) is 0 Å².